The second-order valence-corrected chi connectivity index (χ2v) is 7.82. The molecule has 3 rings (SSSR count). The van der Waals surface area contributed by atoms with Crippen molar-refractivity contribution in [1.29, 1.82) is 0 Å². The largest absolute Gasteiger partial charge is 0.481 e. The molecule has 0 radical (unpaired) electrons. The molecule has 0 spiro atoms. The summed E-state index contributed by atoms with van der Waals surface area (Å²) in [4.78, 5) is 25.6. The number of hydrogen-bond acceptors (Lipinski definition) is 5. The van der Waals surface area contributed by atoms with E-state index < -0.39 is 27.8 Å². The SMILES string of the molecule is CNS(=O)(=O)c1ccc(C(=O)N2C[C@@H](C(=O)O)[C@H](c3ccccc3)C2)o1. The van der Waals surface area contributed by atoms with Gasteiger partial charge in [0.05, 0.1) is 5.92 Å². The molecule has 0 aliphatic carbocycles. The summed E-state index contributed by atoms with van der Waals surface area (Å²) in [5.41, 5.74) is 0.841. The molecular weight excluding hydrogens is 360 g/mol. The highest BCUT2D eigenvalue weighted by Crippen LogP contribution is 2.33. The van der Waals surface area contributed by atoms with Gasteiger partial charge in [-0.3, -0.25) is 9.59 Å². The van der Waals surface area contributed by atoms with E-state index in [1.165, 1.54) is 24.1 Å². The summed E-state index contributed by atoms with van der Waals surface area (Å²) in [6.07, 6.45) is 0. The van der Waals surface area contributed by atoms with Crippen LogP contribution in [0.25, 0.3) is 0 Å². The molecule has 2 heterocycles. The number of aliphatic carboxylic acids is 1. The van der Waals surface area contributed by atoms with Crippen molar-refractivity contribution in [3.05, 3.63) is 53.8 Å². The average Bonchev–Trinajstić information content (AvgIpc) is 3.30. The number of carbonyl (C=O) groups is 2. The molecule has 1 amide bonds. The van der Waals surface area contributed by atoms with Gasteiger partial charge in [-0.2, -0.15) is 0 Å². The first-order chi connectivity index (χ1) is 12.3. The Bertz CT molecular complexity index is 922. The van der Waals surface area contributed by atoms with Crippen LogP contribution in [-0.2, 0) is 14.8 Å². The zero-order valence-corrected chi connectivity index (χ0v) is 14.8. The maximum Gasteiger partial charge on any atom is 0.308 e. The van der Waals surface area contributed by atoms with E-state index in [2.05, 4.69) is 4.72 Å². The van der Waals surface area contributed by atoms with Crippen LogP contribution in [-0.4, -0.2) is 50.4 Å². The molecule has 1 aliphatic heterocycles. The Morgan fingerprint density at radius 1 is 1.15 bits per heavy atom. The molecule has 2 aromatic rings. The molecule has 0 bridgehead atoms. The predicted molar refractivity (Wildman–Crippen MR) is 91.2 cm³/mol. The van der Waals surface area contributed by atoms with Crippen molar-refractivity contribution in [2.45, 2.75) is 11.0 Å². The summed E-state index contributed by atoms with van der Waals surface area (Å²) in [7, 11) is -2.56. The van der Waals surface area contributed by atoms with Crippen LogP contribution in [0, 0.1) is 5.92 Å². The first-order valence-corrected chi connectivity index (χ1v) is 9.42. The molecule has 0 unspecified atom stereocenters. The van der Waals surface area contributed by atoms with Crippen LogP contribution < -0.4 is 4.72 Å². The zero-order chi connectivity index (χ0) is 18.9. The summed E-state index contributed by atoms with van der Waals surface area (Å²) in [5.74, 6) is -2.74. The van der Waals surface area contributed by atoms with Gasteiger partial charge >= 0.3 is 5.97 Å². The summed E-state index contributed by atoms with van der Waals surface area (Å²) in [6.45, 7) is 0.247. The topological polar surface area (TPSA) is 117 Å². The number of sulfonamides is 1. The van der Waals surface area contributed by atoms with Crippen LogP contribution >= 0.6 is 0 Å². The minimum absolute atomic E-state index is 0.0303. The molecule has 1 aromatic carbocycles. The Morgan fingerprint density at radius 2 is 1.85 bits per heavy atom. The normalized spacial score (nSPS) is 20.3. The number of furan rings is 1. The van der Waals surface area contributed by atoms with Gasteiger partial charge in [0.15, 0.2) is 5.76 Å². The van der Waals surface area contributed by atoms with Gasteiger partial charge in [-0.05, 0) is 24.7 Å². The number of carboxylic acids is 1. The number of likely N-dealkylation sites (tertiary alicyclic amines) is 1. The standard InChI is InChI=1S/C17H18N2O6S/c1-18-26(23,24)15-8-7-14(25-15)16(20)19-9-12(13(10-19)17(21)22)11-5-3-2-4-6-11/h2-8,12-13,18H,9-10H2,1H3,(H,21,22)/t12-,13+/m0/s1. The average molecular weight is 378 g/mol. The Morgan fingerprint density at radius 3 is 2.46 bits per heavy atom. The highest BCUT2D eigenvalue weighted by atomic mass is 32.2. The van der Waals surface area contributed by atoms with E-state index in [0.29, 0.717) is 0 Å². The Kier molecular flexibility index (Phi) is 4.84. The lowest BCUT2D eigenvalue weighted by Gasteiger charge is -2.15. The minimum Gasteiger partial charge on any atom is -0.481 e. The summed E-state index contributed by atoms with van der Waals surface area (Å²) < 4.78 is 30.7. The van der Waals surface area contributed by atoms with E-state index in [1.54, 1.807) is 0 Å². The number of nitrogens with one attached hydrogen (secondary N) is 1. The van der Waals surface area contributed by atoms with Crippen LogP contribution in [0.1, 0.15) is 22.0 Å². The van der Waals surface area contributed by atoms with Crippen molar-refractivity contribution in [3.8, 4) is 0 Å². The monoisotopic (exact) mass is 378 g/mol. The zero-order valence-electron chi connectivity index (χ0n) is 14.0. The van der Waals surface area contributed by atoms with Crippen molar-refractivity contribution >= 4 is 21.9 Å². The maximum atomic E-state index is 12.6. The molecule has 2 N–H and O–H groups in total. The fraction of sp³-hybridized carbons (Fsp3) is 0.294. The third kappa shape index (κ3) is 3.35. The van der Waals surface area contributed by atoms with E-state index in [1.807, 2.05) is 30.3 Å². The van der Waals surface area contributed by atoms with E-state index >= 15 is 0 Å². The smallest absolute Gasteiger partial charge is 0.308 e. The fourth-order valence-electron chi connectivity index (χ4n) is 3.09. The molecule has 8 nitrogen and oxygen atoms in total. The third-order valence-corrected chi connectivity index (χ3v) is 5.76. The van der Waals surface area contributed by atoms with Crippen molar-refractivity contribution in [3.63, 3.8) is 0 Å². The maximum absolute atomic E-state index is 12.6. The summed E-state index contributed by atoms with van der Waals surface area (Å²) in [6, 6.07) is 11.6. The molecule has 0 saturated carbocycles. The van der Waals surface area contributed by atoms with Crippen molar-refractivity contribution in [2.75, 3.05) is 20.1 Å². The molecular formula is C17H18N2O6S. The molecule has 1 aliphatic rings. The van der Waals surface area contributed by atoms with Gasteiger partial charge in [0.25, 0.3) is 15.9 Å². The van der Waals surface area contributed by atoms with Gasteiger partial charge in [-0.25, -0.2) is 13.1 Å². The van der Waals surface area contributed by atoms with E-state index in [-0.39, 0.29) is 29.9 Å². The fourth-order valence-corrected chi connectivity index (χ4v) is 3.74. The number of carboxylic acid groups (broad SMARTS) is 1. The van der Waals surface area contributed by atoms with Crippen LogP contribution in [0.3, 0.4) is 0 Å². The molecule has 1 fully saturated rings. The number of amides is 1. The first kappa shape index (κ1) is 18.2. The Labute approximate surface area is 150 Å². The second-order valence-electron chi connectivity index (χ2n) is 6.00. The van der Waals surface area contributed by atoms with E-state index in [0.717, 1.165) is 5.56 Å². The number of rotatable bonds is 5. The second kappa shape index (κ2) is 6.93. The van der Waals surface area contributed by atoms with Crippen LogP contribution in [0.4, 0.5) is 0 Å². The lowest BCUT2D eigenvalue weighted by atomic mass is 9.89. The minimum atomic E-state index is -3.79. The van der Waals surface area contributed by atoms with E-state index in [9.17, 15) is 23.1 Å². The van der Waals surface area contributed by atoms with Crippen LogP contribution in [0.15, 0.2) is 52.0 Å². The number of benzene rings is 1. The van der Waals surface area contributed by atoms with Gasteiger partial charge in [0.2, 0.25) is 5.09 Å². The van der Waals surface area contributed by atoms with Gasteiger partial charge in [-0.1, -0.05) is 30.3 Å². The molecule has 138 valence electrons. The molecule has 1 saturated heterocycles. The quantitative estimate of drug-likeness (QED) is 0.805. The number of hydrogen-bond donors (Lipinski definition) is 2. The van der Waals surface area contributed by atoms with Gasteiger partial charge in [-0.15, -0.1) is 0 Å². The number of nitrogens with zero attached hydrogens (tertiary/aromatic N) is 1. The predicted octanol–water partition coefficient (Wildman–Crippen LogP) is 1.13. The molecule has 1 aromatic heterocycles. The van der Waals surface area contributed by atoms with Crippen LogP contribution in [0.2, 0.25) is 0 Å². The molecule has 9 heteroatoms. The van der Waals surface area contributed by atoms with Gasteiger partial charge in [0, 0.05) is 19.0 Å². The van der Waals surface area contributed by atoms with Gasteiger partial charge < -0.3 is 14.4 Å². The molecule has 2 atom stereocenters. The van der Waals surface area contributed by atoms with Crippen LogP contribution in [0.5, 0.6) is 0 Å². The third-order valence-electron chi connectivity index (χ3n) is 4.48. The highest BCUT2D eigenvalue weighted by Gasteiger charge is 2.41. The van der Waals surface area contributed by atoms with Crippen molar-refractivity contribution < 1.29 is 27.5 Å². The first-order valence-electron chi connectivity index (χ1n) is 7.94. The Hall–Kier alpha value is -2.65. The summed E-state index contributed by atoms with van der Waals surface area (Å²) >= 11 is 0. The van der Waals surface area contributed by atoms with Gasteiger partial charge in [0.1, 0.15) is 0 Å². The van der Waals surface area contributed by atoms with Crippen molar-refractivity contribution in [1.82, 2.24) is 9.62 Å². The molecule has 26 heavy (non-hydrogen) atoms. The summed E-state index contributed by atoms with van der Waals surface area (Å²) in [5, 5.41) is 9.14. The lowest BCUT2D eigenvalue weighted by molar-refractivity contribution is -0.141. The van der Waals surface area contributed by atoms with E-state index in [4.69, 9.17) is 4.42 Å². The van der Waals surface area contributed by atoms with Crippen molar-refractivity contribution in [2.24, 2.45) is 5.92 Å². The lowest BCUT2D eigenvalue weighted by Crippen LogP contribution is -2.29. The Balaban J connectivity index is 1.84. The highest BCUT2D eigenvalue weighted by molar-refractivity contribution is 7.89. The number of carbonyl (C=O) groups excluding carboxylic acids is 1.